The van der Waals surface area contributed by atoms with Gasteiger partial charge in [0.25, 0.3) is 12.0 Å². The van der Waals surface area contributed by atoms with E-state index in [1.807, 2.05) is 36.4 Å². The van der Waals surface area contributed by atoms with Crippen LogP contribution in [-0.2, 0) is 0 Å². The normalized spacial score (nSPS) is 13.3. The van der Waals surface area contributed by atoms with Crippen molar-refractivity contribution < 1.29 is 9.47 Å². The Morgan fingerprint density at radius 3 is 1.50 bits per heavy atom. The van der Waals surface area contributed by atoms with E-state index in [9.17, 15) is 0 Å². The lowest BCUT2D eigenvalue weighted by molar-refractivity contribution is 0.408. The minimum absolute atomic E-state index is 0.260. The van der Waals surface area contributed by atoms with Gasteiger partial charge >= 0.3 is 6.98 Å². The fourth-order valence-corrected chi connectivity index (χ4v) is 6.57. The van der Waals surface area contributed by atoms with E-state index >= 15 is 0 Å². The molecule has 0 fully saturated rings. The zero-order valence-corrected chi connectivity index (χ0v) is 21.0. The van der Waals surface area contributed by atoms with Gasteiger partial charge in [0.1, 0.15) is 11.5 Å². The molecule has 10 rings (SSSR count). The summed E-state index contributed by atoms with van der Waals surface area (Å²) in [6.07, 6.45) is 0. The molecule has 0 amide bonds. The van der Waals surface area contributed by atoms with Crippen molar-refractivity contribution >= 4 is 56.3 Å². The minimum Gasteiger partial charge on any atom is -0.426 e. The summed E-state index contributed by atoms with van der Waals surface area (Å²) >= 11 is 0. The van der Waals surface area contributed by atoms with Gasteiger partial charge in [-0.25, -0.2) is 0 Å². The van der Waals surface area contributed by atoms with Crippen molar-refractivity contribution in [2.45, 2.75) is 0 Å². The molecule has 2 aliphatic rings. The first-order valence-corrected chi connectivity index (χ1v) is 13.3. The Labute approximate surface area is 227 Å². The topological polar surface area (TPSA) is 59.0 Å². The smallest absolute Gasteiger partial charge is 0.426 e. The van der Waals surface area contributed by atoms with E-state index < -0.39 is 0 Å². The molecule has 0 atom stereocenters. The number of nitrogens with zero attached hydrogens (tertiary/aromatic N) is 5. The van der Waals surface area contributed by atoms with Crippen LogP contribution in [0.15, 0.2) is 109 Å². The predicted octanol–water partition coefficient (Wildman–Crippen LogP) is 6.49. The van der Waals surface area contributed by atoms with Gasteiger partial charge in [0, 0.05) is 22.9 Å². The van der Waals surface area contributed by atoms with Gasteiger partial charge in [-0.15, -0.1) is 0 Å². The highest BCUT2D eigenvalue weighted by Gasteiger charge is 2.44. The molecular formula is C32H18BN5O2. The molecule has 3 aromatic heterocycles. The summed E-state index contributed by atoms with van der Waals surface area (Å²) in [5, 5.41) is 2.40. The number of rotatable bonds is 1. The highest BCUT2D eigenvalue weighted by molar-refractivity contribution is 6.74. The van der Waals surface area contributed by atoms with Crippen LogP contribution in [0.1, 0.15) is 0 Å². The lowest BCUT2D eigenvalue weighted by Crippen LogP contribution is -2.50. The molecule has 0 saturated carbocycles. The molecule has 0 saturated heterocycles. The number of imidazole rings is 2. The number of hydrogen-bond acceptors (Lipinski definition) is 4. The summed E-state index contributed by atoms with van der Waals surface area (Å²) < 4.78 is 19.8. The highest BCUT2D eigenvalue weighted by atomic mass is 16.5. The van der Waals surface area contributed by atoms with Gasteiger partial charge in [-0.1, -0.05) is 60.7 Å². The van der Waals surface area contributed by atoms with E-state index in [0.29, 0.717) is 12.0 Å². The molecule has 186 valence electrons. The van der Waals surface area contributed by atoms with E-state index in [1.54, 1.807) is 0 Å². The minimum atomic E-state index is -0.260. The second kappa shape index (κ2) is 7.12. The lowest BCUT2D eigenvalue weighted by atomic mass is 9.64. The number of para-hydroxylation sites is 6. The van der Waals surface area contributed by atoms with E-state index in [2.05, 4.69) is 86.3 Å². The van der Waals surface area contributed by atoms with Crippen molar-refractivity contribution in [3.63, 3.8) is 0 Å². The zero-order chi connectivity index (χ0) is 25.9. The third kappa shape index (κ3) is 2.46. The zero-order valence-electron chi connectivity index (χ0n) is 21.0. The molecule has 7 nitrogen and oxygen atoms in total. The summed E-state index contributed by atoms with van der Waals surface area (Å²) in [6.45, 7) is -0.260. The van der Waals surface area contributed by atoms with Gasteiger partial charge in [-0.05, 0) is 36.4 Å². The molecule has 0 bridgehead atoms. The van der Waals surface area contributed by atoms with Crippen molar-refractivity contribution in [2.24, 2.45) is 0 Å². The fraction of sp³-hybridized carbons (Fsp3) is 0. The molecule has 8 heteroatoms. The Balaban J connectivity index is 1.31. The third-order valence-corrected chi connectivity index (χ3v) is 8.20. The fourth-order valence-electron chi connectivity index (χ4n) is 6.57. The van der Waals surface area contributed by atoms with Crippen LogP contribution in [0.5, 0.6) is 23.5 Å². The van der Waals surface area contributed by atoms with Crippen LogP contribution in [0.3, 0.4) is 0 Å². The summed E-state index contributed by atoms with van der Waals surface area (Å²) in [4.78, 5) is 9.79. The van der Waals surface area contributed by atoms with Gasteiger partial charge in [-0.2, -0.15) is 9.97 Å². The Bertz CT molecular complexity index is 2210. The maximum absolute atomic E-state index is 6.60. The number of hydrogen-bond donors (Lipinski definition) is 0. The first-order chi connectivity index (χ1) is 19.8. The van der Waals surface area contributed by atoms with Crippen LogP contribution in [0.2, 0.25) is 0 Å². The largest absolute Gasteiger partial charge is 0.435 e. The Kier molecular flexibility index (Phi) is 3.64. The second-order valence-corrected chi connectivity index (χ2v) is 10.3. The van der Waals surface area contributed by atoms with Crippen LogP contribution in [0, 0.1) is 0 Å². The van der Waals surface area contributed by atoms with E-state index in [1.165, 1.54) is 10.8 Å². The Morgan fingerprint density at radius 1 is 0.525 bits per heavy atom. The van der Waals surface area contributed by atoms with Crippen LogP contribution >= 0.6 is 0 Å². The van der Waals surface area contributed by atoms with E-state index in [4.69, 9.17) is 19.4 Å². The maximum Gasteiger partial charge on any atom is 0.435 e. The van der Waals surface area contributed by atoms with Crippen molar-refractivity contribution in [1.82, 2.24) is 23.5 Å². The van der Waals surface area contributed by atoms with Crippen LogP contribution < -0.4 is 14.9 Å². The first-order valence-electron chi connectivity index (χ1n) is 13.3. The molecule has 0 aliphatic carbocycles. The van der Waals surface area contributed by atoms with Crippen molar-refractivity contribution in [3.8, 4) is 29.2 Å². The van der Waals surface area contributed by atoms with Crippen molar-refractivity contribution in [3.05, 3.63) is 109 Å². The monoisotopic (exact) mass is 515 g/mol. The number of fused-ring (bicyclic) bond motifs is 11. The van der Waals surface area contributed by atoms with Crippen molar-refractivity contribution in [1.29, 1.82) is 0 Å². The SMILES string of the molecule is c1ccc2c(c1)nc1n2B2c3c(cc(-n4c5ccccc5c5ccccc54)cc3Oc3nc4ccccc4n32)O1. The third-order valence-electron chi connectivity index (χ3n) is 8.20. The van der Waals surface area contributed by atoms with Gasteiger partial charge in [0.2, 0.25) is 0 Å². The molecule has 0 radical (unpaired) electrons. The van der Waals surface area contributed by atoms with Gasteiger partial charge in [-0.3, -0.25) is 0 Å². The molecule has 2 aliphatic heterocycles. The molecule has 5 aromatic carbocycles. The van der Waals surface area contributed by atoms with E-state index in [0.717, 1.165) is 55.7 Å². The standard InChI is InChI=1S/C32H18BN5O2/c1-5-13-24-20(9-1)21-10-2-6-14-25(21)36(24)19-17-28-30-29(18-19)40-32-35-23-12-4-8-16-27(23)38(32)33(30)37-26-15-7-3-11-22(26)34-31(37)39-28/h1-18H. The summed E-state index contributed by atoms with van der Waals surface area (Å²) in [5.74, 6) is 1.45. The second-order valence-electron chi connectivity index (χ2n) is 10.3. The van der Waals surface area contributed by atoms with E-state index in [-0.39, 0.29) is 6.98 Å². The molecule has 0 N–H and O–H groups in total. The first kappa shape index (κ1) is 20.5. The number of aromatic nitrogens is 5. The predicted molar refractivity (Wildman–Crippen MR) is 157 cm³/mol. The molecule has 40 heavy (non-hydrogen) atoms. The quantitative estimate of drug-likeness (QED) is 0.235. The highest BCUT2D eigenvalue weighted by Crippen LogP contribution is 2.42. The Morgan fingerprint density at radius 2 is 0.975 bits per heavy atom. The molecule has 8 aromatic rings. The molecular weight excluding hydrogens is 497 g/mol. The Hall–Kier alpha value is -5.50. The summed E-state index contributed by atoms with van der Waals surface area (Å²) in [5.41, 5.74) is 7.91. The maximum atomic E-state index is 6.60. The van der Waals surface area contributed by atoms with Crippen molar-refractivity contribution in [2.75, 3.05) is 0 Å². The van der Waals surface area contributed by atoms with Crippen LogP contribution in [0.25, 0.3) is 49.6 Å². The van der Waals surface area contributed by atoms with Gasteiger partial charge in [0.15, 0.2) is 0 Å². The van der Waals surface area contributed by atoms with Gasteiger partial charge < -0.3 is 23.0 Å². The summed E-state index contributed by atoms with van der Waals surface area (Å²) in [6, 6.07) is 38.6. The molecule has 0 unspecified atom stereocenters. The van der Waals surface area contributed by atoms with Gasteiger partial charge in [0.05, 0.1) is 44.3 Å². The average Bonchev–Trinajstić information content (AvgIpc) is 3.66. The lowest BCUT2D eigenvalue weighted by Gasteiger charge is -2.32. The number of benzene rings is 5. The summed E-state index contributed by atoms with van der Waals surface area (Å²) in [7, 11) is 0. The molecule has 5 heterocycles. The number of ether oxygens (including phenoxy) is 2. The van der Waals surface area contributed by atoms with Crippen LogP contribution in [0.4, 0.5) is 0 Å². The molecule has 0 spiro atoms. The average molecular weight is 515 g/mol. The van der Waals surface area contributed by atoms with Crippen LogP contribution in [-0.4, -0.2) is 30.5 Å².